The summed E-state index contributed by atoms with van der Waals surface area (Å²) >= 11 is 1.59. The van der Waals surface area contributed by atoms with E-state index in [4.69, 9.17) is 0 Å². The zero-order valence-electron chi connectivity index (χ0n) is 11.6. The number of benzene rings is 2. The van der Waals surface area contributed by atoms with E-state index in [-0.39, 0.29) is 0 Å². The molecule has 0 saturated carbocycles. The van der Waals surface area contributed by atoms with Gasteiger partial charge in [-0.3, -0.25) is 4.98 Å². The molecule has 0 atom stereocenters. The van der Waals surface area contributed by atoms with Crippen molar-refractivity contribution in [3.05, 3.63) is 60.9 Å². The molecule has 0 aliphatic carbocycles. The first-order valence-corrected chi connectivity index (χ1v) is 7.77. The minimum Gasteiger partial charge on any atom is -0.423 e. The minimum atomic E-state index is -1.49. The van der Waals surface area contributed by atoms with Gasteiger partial charge < -0.3 is 10.0 Å². The summed E-state index contributed by atoms with van der Waals surface area (Å²) in [5.41, 5.74) is 2.51. The van der Waals surface area contributed by atoms with Crippen LogP contribution in [0.2, 0.25) is 0 Å². The van der Waals surface area contributed by atoms with E-state index in [9.17, 15) is 10.0 Å². The van der Waals surface area contributed by atoms with Crippen molar-refractivity contribution in [3.8, 4) is 11.1 Å². The van der Waals surface area contributed by atoms with Crippen molar-refractivity contribution in [2.75, 3.05) is 0 Å². The van der Waals surface area contributed by atoms with E-state index >= 15 is 0 Å². The van der Waals surface area contributed by atoms with Crippen LogP contribution in [-0.2, 0) is 0 Å². The lowest BCUT2D eigenvalue weighted by Crippen LogP contribution is -2.30. The Bertz CT molecular complexity index is 966. The van der Waals surface area contributed by atoms with Crippen molar-refractivity contribution in [2.45, 2.75) is 0 Å². The molecule has 4 rings (SSSR count). The highest BCUT2D eigenvalue weighted by atomic mass is 32.1. The molecule has 0 radical (unpaired) electrons. The molecule has 3 nitrogen and oxygen atoms in total. The summed E-state index contributed by atoms with van der Waals surface area (Å²) in [6, 6.07) is 15.9. The average Bonchev–Trinajstić information content (AvgIpc) is 2.93. The molecule has 106 valence electrons. The van der Waals surface area contributed by atoms with E-state index in [0.717, 1.165) is 31.3 Å². The van der Waals surface area contributed by atoms with E-state index in [1.54, 1.807) is 23.7 Å². The van der Waals surface area contributed by atoms with Gasteiger partial charge in [-0.25, -0.2) is 0 Å². The Kier molecular flexibility index (Phi) is 3.19. The summed E-state index contributed by atoms with van der Waals surface area (Å²) in [4.78, 5) is 4.03. The molecule has 4 aromatic rings. The van der Waals surface area contributed by atoms with Crippen LogP contribution in [0.5, 0.6) is 0 Å². The Morgan fingerprint density at radius 3 is 2.41 bits per heavy atom. The molecule has 2 aromatic carbocycles. The van der Waals surface area contributed by atoms with Crippen LogP contribution in [0, 0.1) is 0 Å². The molecule has 0 saturated heterocycles. The number of hydrogen-bond acceptors (Lipinski definition) is 4. The van der Waals surface area contributed by atoms with Gasteiger partial charge in [-0.2, -0.15) is 0 Å². The Morgan fingerprint density at radius 2 is 1.64 bits per heavy atom. The van der Waals surface area contributed by atoms with Gasteiger partial charge in [0.2, 0.25) is 0 Å². The fraction of sp³-hybridized carbons (Fsp3) is 0. The van der Waals surface area contributed by atoms with E-state index < -0.39 is 7.12 Å². The summed E-state index contributed by atoms with van der Waals surface area (Å²) in [6.45, 7) is 0. The maximum absolute atomic E-state index is 9.77. The quantitative estimate of drug-likeness (QED) is 0.560. The maximum atomic E-state index is 9.77. The SMILES string of the molecule is OB(O)c1cc(-c2ccncc2)cc2c1sc1ccccc12. The summed E-state index contributed by atoms with van der Waals surface area (Å²) in [5.74, 6) is 0. The van der Waals surface area contributed by atoms with Gasteiger partial charge in [0.1, 0.15) is 0 Å². The molecule has 0 amide bonds. The van der Waals surface area contributed by atoms with Crippen LogP contribution in [0.1, 0.15) is 0 Å². The molecule has 0 bridgehead atoms. The second-order valence-corrected chi connectivity index (χ2v) is 6.20. The van der Waals surface area contributed by atoms with Gasteiger partial charge in [0, 0.05) is 38.0 Å². The van der Waals surface area contributed by atoms with Crippen molar-refractivity contribution in [1.82, 2.24) is 4.98 Å². The molecule has 2 aromatic heterocycles. The monoisotopic (exact) mass is 305 g/mol. The third-order valence-electron chi connectivity index (χ3n) is 3.80. The smallest absolute Gasteiger partial charge is 0.423 e. The van der Waals surface area contributed by atoms with Gasteiger partial charge in [-0.05, 0) is 35.4 Å². The summed E-state index contributed by atoms with van der Waals surface area (Å²) in [5, 5.41) is 21.7. The van der Waals surface area contributed by atoms with Crippen molar-refractivity contribution < 1.29 is 10.0 Å². The third kappa shape index (κ3) is 2.11. The standard InChI is InChI=1S/C17H12BNO2S/c20-18(21)15-10-12(11-5-7-19-8-6-11)9-14-13-3-1-2-4-16(13)22-17(14)15/h1-10,20-21H. The number of hydrogen-bond donors (Lipinski definition) is 2. The van der Waals surface area contributed by atoms with E-state index in [1.807, 2.05) is 30.3 Å². The fourth-order valence-electron chi connectivity index (χ4n) is 2.76. The average molecular weight is 305 g/mol. The first-order chi connectivity index (χ1) is 10.7. The van der Waals surface area contributed by atoms with Crippen molar-refractivity contribution in [1.29, 1.82) is 0 Å². The number of aromatic nitrogens is 1. The minimum absolute atomic E-state index is 0.547. The van der Waals surface area contributed by atoms with Gasteiger partial charge in [-0.15, -0.1) is 11.3 Å². The highest BCUT2D eigenvalue weighted by Crippen LogP contribution is 2.35. The first kappa shape index (κ1) is 13.5. The van der Waals surface area contributed by atoms with Crippen molar-refractivity contribution >= 4 is 44.1 Å². The van der Waals surface area contributed by atoms with Gasteiger partial charge >= 0.3 is 7.12 Å². The van der Waals surface area contributed by atoms with Gasteiger partial charge in [0.15, 0.2) is 0 Å². The fourth-order valence-corrected chi connectivity index (χ4v) is 3.97. The van der Waals surface area contributed by atoms with Crippen molar-refractivity contribution in [2.24, 2.45) is 0 Å². The van der Waals surface area contributed by atoms with Crippen LogP contribution in [0.15, 0.2) is 60.9 Å². The van der Waals surface area contributed by atoms with Gasteiger partial charge in [0.25, 0.3) is 0 Å². The Hall–Kier alpha value is -2.21. The van der Waals surface area contributed by atoms with Gasteiger partial charge in [-0.1, -0.05) is 24.3 Å². The molecular weight excluding hydrogens is 293 g/mol. The predicted molar refractivity (Wildman–Crippen MR) is 92.4 cm³/mol. The molecule has 0 aliphatic heterocycles. The Morgan fingerprint density at radius 1 is 0.864 bits per heavy atom. The molecular formula is C17H12BNO2S. The predicted octanol–water partition coefficient (Wildman–Crippen LogP) is 2.80. The summed E-state index contributed by atoms with van der Waals surface area (Å²) in [6.07, 6.45) is 3.47. The topological polar surface area (TPSA) is 53.4 Å². The molecule has 0 aliphatic rings. The number of thiophene rings is 1. The van der Waals surface area contributed by atoms with Crippen LogP contribution in [0.25, 0.3) is 31.3 Å². The van der Waals surface area contributed by atoms with Crippen molar-refractivity contribution in [3.63, 3.8) is 0 Å². The number of rotatable bonds is 2. The normalized spacial score (nSPS) is 11.2. The second kappa shape index (κ2) is 5.21. The number of nitrogens with zero attached hydrogens (tertiary/aromatic N) is 1. The van der Waals surface area contributed by atoms with Crippen LogP contribution in [0.4, 0.5) is 0 Å². The zero-order chi connectivity index (χ0) is 15.1. The summed E-state index contributed by atoms with van der Waals surface area (Å²) in [7, 11) is -1.49. The van der Waals surface area contributed by atoms with E-state index in [0.29, 0.717) is 5.46 Å². The number of fused-ring (bicyclic) bond motifs is 3. The van der Waals surface area contributed by atoms with Gasteiger partial charge in [0.05, 0.1) is 0 Å². The Labute approximate surface area is 131 Å². The highest BCUT2D eigenvalue weighted by Gasteiger charge is 2.19. The Balaban J connectivity index is 2.10. The molecule has 0 fully saturated rings. The molecule has 2 heterocycles. The molecule has 22 heavy (non-hydrogen) atoms. The van der Waals surface area contributed by atoms with Crippen LogP contribution >= 0.6 is 11.3 Å². The summed E-state index contributed by atoms with van der Waals surface area (Å²) < 4.78 is 2.07. The lowest BCUT2D eigenvalue weighted by atomic mass is 9.78. The van der Waals surface area contributed by atoms with E-state index in [1.165, 1.54) is 0 Å². The zero-order valence-corrected chi connectivity index (χ0v) is 12.4. The third-order valence-corrected chi connectivity index (χ3v) is 5.03. The largest absolute Gasteiger partial charge is 0.489 e. The van der Waals surface area contributed by atoms with E-state index in [2.05, 4.69) is 23.2 Å². The van der Waals surface area contributed by atoms with Crippen LogP contribution in [0.3, 0.4) is 0 Å². The molecule has 2 N–H and O–H groups in total. The molecule has 0 spiro atoms. The number of pyridine rings is 1. The second-order valence-electron chi connectivity index (χ2n) is 5.15. The molecule has 5 heteroatoms. The first-order valence-electron chi connectivity index (χ1n) is 6.96. The lowest BCUT2D eigenvalue weighted by molar-refractivity contribution is 0.426. The lowest BCUT2D eigenvalue weighted by Gasteiger charge is -2.07. The molecule has 0 unspecified atom stereocenters. The maximum Gasteiger partial charge on any atom is 0.489 e. The van der Waals surface area contributed by atoms with Crippen LogP contribution in [-0.4, -0.2) is 22.2 Å². The van der Waals surface area contributed by atoms with Crippen LogP contribution < -0.4 is 5.46 Å². The highest BCUT2D eigenvalue weighted by molar-refractivity contribution is 7.27.